The number of benzene rings is 1. The number of anilines is 1. The van der Waals surface area contributed by atoms with Crippen molar-refractivity contribution in [1.82, 2.24) is 4.90 Å². The number of amides is 2. The minimum Gasteiger partial charge on any atom is -0.497 e. The molecule has 20 heavy (non-hydrogen) atoms. The van der Waals surface area contributed by atoms with Crippen LogP contribution >= 0.6 is 0 Å². The summed E-state index contributed by atoms with van der Waals surface area (Å²) in [5, 5.41) is 2.58. The van der Waals surface area contributed by atoms with Crippen LogP contribution in [0.1, 0.15) is 13.8 Å². The van der Waals surface area contributed by atoms with Crippen LogP contribution in [0.3, 0.4) is 0 Å². The van der Waals surface area contributed by atoms with Gasteiger partial charge in [0.05, 0.1) is 31.5 Å². The first-order valence-electron chi connectivity index (χ1n) is 6.55. The zero-order valence-corrected chi connectivity index (χ0v) is 11.9. The number of methoxy groups -OCH3 is 1. The van der Waals surface area contributed by atoms with Crippen molar-refractivity contribution in [3.63, 3.8) is 0 Å². The topological polar surface area (TPSA) is 50.8 Å². The molecule has 110 valence electrons. The molecular weight excluding hydrogens is 263 g/mol. The molecule has 0 bridgehead atoms. The molecule has 1 aliphatic rings. The summed E-state index contributed by atoms with van der Waals surface area (Å²) in [6.45, 7) is 4.80. The highest BCUT2D eigenvalue weighted by Gasteiger charge is 2.29. The first-order valence-corrected chi connectivity index (χ1v) is 6.55. The third-order valence-electron chi connectivity index (χ3n) is 3.56. The summed E-state index contributed by atoms with van der Waals surface area (Å²) in [6.07, 6.45) is -0.0374. The minimum absolute atomic E-state index is 0.0374. The van der Waals surface area contributed by atoms with Gasteiger partial charge in [0.2, 0.25) is 0 Å². The average molecular weight is 282 g/mol. The van der Waals surface area contributed by atoms with Gasteiger partial charge in [0.15, 0.2) is 0 Å². The highest BCUT2D eigenvalue weighted by atomic mass is 19.1. The van der Waals surface area contributed by atoms with Crippen LogP contribution in [-0.4, -0.2) is 43.3 Å². The molecule has 0 aliphatic carbocycles. The molecule has 1 aromatic rings. The molecule has 1 aliphatic heterocycles. The van der Waals surface area contributed by atoms with Crippen LogP contribution in [0.25, 0.3) is 0 Å². The molecule has 5 nitrogen and oxygen atoms in total. The minimum atomic E-state index is -0.492. The zero-order valence-electron chi connectivity index (χ0n) is 11.9. The molecule has 1 saturated heterocycles. The van der Waals surface area contributed by atoms with Gasteiger partial charge in [0.25, 0.3) is 0 Å². The van der Waals surface area contributed by atoms with E-state index in [-0.39, 0.29) is 23.9 Å². The van der Waals surface area contributed by atoms with Crippen molar-refractivity contribution >= 4 is 11.7 Å². The molecule has 1 aromatic carbocycles. The average Bonchev–Trinajstić information content (AvgIpc) is 2.44. The van der Waals surface area contributed by atoms with Crippen molar-refractivity contribution in [2.24, 2.45) is 0 Å². The Morgan fingerprint density at radius 3 is 2.95 bits per heavy atom. The molecule has 0 unspecified atom stereocenters. The monoisotopic (exact) mass is 282 g/mol. The van der Waals surface area contributed by atoms with E-state index in [9.17, 15) is 9.18 Å². The summed E-state index contributed by atoms with van der Waals surface area (Å²) in [5.41, 5.74) is 0.112. The fourth-order valence-corrected chi connectivity index (χ4v) is 2.13. The van der Waals surface area contributed by atoms with Gasteiger partial charge in [-0.25, -0.2) is 9.18 Å². The van der Waals surface area contributed by atoms with Crippen molar-refractivity contribution in [2.45, 2.75) is 26.0 Å². The third kappa shape index (κ3) is 3.01. The first kappa shape index (κ1) is 14.6. The van der Waals surface area contributed by atoms with Gasteiger partial charge in [-0.05, 0) is 26.0 Å². The predicted molar refractivity (Wildman–Crippen MR) is 73.6 cm³/mol. The number of halogens is 1. The molecule has 0 saturated carbocycles. The van der Waals surface area contributed by atoms with E-state index in [1.54, 1.807) is 4.90 Å². The summed E-state index contributed by atoms with van der Waals surface area (Å²) < 4.78 is 24.2. The maximum Gasteiger partial charge on any atom is 0.322 e. The number of hydrogen-bond acceptors (Lipinski definition) is 3. The van der Waals surface area contributed by atoms with E-state index in [0.29, 0.717) is 18.9 Å². The predicted octanol–water partition coefficient (Wildman–Crippen LogP) is 2.48. The van der Waals surface area contributed by atoms with E-state index in [2.05, 4.69) is 5.32 Å². The largest absolute Gasteiger partial charge is 0.497 e. The fourth-order valence-electron chi connectivity index (χ4n) is 2.13. The van der Waals surface area contributed by atoms with Gasteiger partial charge in [-0.2, -0.15) is 0 Å². The van der Waals surface area contributed by atoms with Gasteiger partial charge >= 0.3 is 6.03 Å². The van der Waals surface area contributed by atoms with E-state index in [1.165, 1.54) is 25.3 Å². The van der Waals surface area contributed by atoms with Gasteiger partial charge in [-0.15, -0.1) is 0 Å². The molecule has 0 aromatic heterocycles. The van der Waals surface area contributed by atoms with E-state index in [1.807, 2.05) is 13.8 Å². The van der Waals surface area contributed by atoms with Crippen LogP contribution in [0.15, 0.2) is 18.2 Å². The maximum absolute atomic E-state index is 13.7. The normalized spacial score (nSPS) is 22.5. The smallest absolute Gasteiger partial charge is 0.322 e. The summed E-state index contributed by atoms with van der Waals surface area (Å²) in [6, 6.07) is 3.84. The van der Waals surface area contributed by atoms with E-state index >= 15 is 0 Å². The van der Waals surface area contributed by atoms with Crippen LogP contribution < -0.4 is 10.1 Å². The van der Waals surface area contributed by atoms with Crippen LogP contribution in [0.2, 0.25) is 0 Å². The molecule has 1 N–H and O–H groups in total. The Morgan fingerprint density at radius 1 is 1.50 bits per heavy atom. The molecular formula is C14H19FN2O3. The number of rotatable bonds is 2. The van der Waals surface area contributed by atoms with E-state index in [0.717, 1.165) is 0 Å². The number of carbonyl (C=O) groups excluding carboxylic acids is 1. The Hall–Kier alpha value is -1.82. The molecule has 1 fully saturated rings. The fraction of sp³-hybridized carbons (Fsp3) is 0.500. The van der Waals surface area contributed by atoms with Crippen molar-refractivity contribution in [3.05, 3.63) is 24.0 Å². The van der Waals surface area contributed by atoms with Gasteiger partial charge in [-0.3, -0.25) is 0 Å². The second-order valence-electron chi connectivity index (χ2n) is 4.79. The molecule has 1 heterocycles. The highest BCUT2D eigenvalue weighted by molar-refractivity contribution is 5.90. The molecule has 2 amide bonds. The lowest BCUT2D eigenvalue weighted by molar-refractivity contribution is -0.0355. The Kier molecular flexibility index (Phi) is 4.44. The van der Waals surface area contributed by atoms with Gasteiger partial charge < -0.3 is 19.7 Å². The van der Waals surface area contributed by atoms with Crippen molar-refractivity contribution in [2.75, 3.05) is 25.6 Å². The number of nitrogens with zero attached hydrogens (tertiary/aromatic N) is 1. The van der Waals surface area contributed by atoms with Crippen molar-refractivity contribution in [1.29, 1.82) is 0 Å². The zero-order chi connectivity index (χ0) is 14.7. The van der Waals surface area contributed by atoms with Crippen LogP contribution in [0.4, 0.5) is 14.9 Å². The SMILES string of the molecule is COc1ccc(F)c(NC(=O)N2CCO[C@H](C)[C@H]2C)c1. The number of nitrogens with one attached hydrogen (secondary N) is 1. The number of ether oxygens (including phenoxy) is 2. The molecule has 2 rings (SSSR count). The van der Waals surface area contributed by atoms with E-state index in [4.69, 9.17) is 9.47 Å². The highest BCUT2D eigenvalue weighted by Crippen LogP contribution is 2.22. The second kappa shape index (κ2) is 6.09. The standard InChI is InChI=1S/C14H19FN2O3/c1-9-10(2)20-7-6-17(9)14(18)16-13-8-11(19-3)4-5-12(13)15/h4-5,8-10H,6-7H2,1-3H3,(H,16,18)/t9-,10-/m1/s1. The van der Waals surface area contributed by atoms with Gasteiger partial charge in [0.1, 0.15) is 11.6 Å². The number of carbonyl (C=O) groups is 1. The summed E-state index contributed by atoms with van der Waals surface area (Å²) in [7, 11) is 1.49. The Bertz CT molecular complexity index is 495. The quantitative estimate of drug-likeness (QED) is 0.906. The number of hydrogen-bond donors (Lipinski definition) is 1. The van der Waals surface area contributed by atoms with Crippen LogP contribution in [-0.2, 0) is 4.74 Å². The van der Waals surface area contributed by atoms with Gasteiger partial charge in [-0.1, -0.05) is 0 Å². The number of urea groups is 1. The Morgan fingerprint density at radius 2 is 2.25 bits per heavy atom. The molecule has 2 atom stereocenters. The van der Waals surface area contributed by atoms with Crippen LogP contribution in [0.5, 0.6) is 5.75 Å². The number of morpholine rings is 1. The lowest BCUT2D eigenvalue weighted by Gasteiger charge is -2.37. The second-order valence-corrected chi connectivity index (χ2v) is 4.79. The lowest BCUT2D eigenvalue weighted by atomic mass is 10.1. The molecule has 0 radical (unpaired) electrons. The summed E-state index contributed by atoms with van der Waals surface area (Å²) in [5.74, 6) is -0.00166. The van der Waals surface area contributed by atoms with Gasteiger partial charge in [0, 0.05) is 12.6 Å². The third-order valence-corrected chi connectivity index (χ3v) is 3.56. The van der Waals surface area contributed by atoms with E-state index < -0.39 is 5.82 Å². The Balaban J connectivity index is 2.11. The molecule has 6 heteroatoms. The summed E-state index contributed by atoms with van der Waals surface area (Å²) in [4.78, 5) is 13.9. The lowest BCUT2D eigenvalue weighted by Crippen LogP contribution is -2.52. The van der Waals surface area contributed by atoms with Crippen LogP contribution in [0, 0.1) is 5.82 Å². The maximum atomic E-state index is 13.7. The molecule has 0 spiro atoms. The Labute approximate surface area is 117 Å². The first-order chi connectivity index (χ1) is 9.52. The van der Waals surface area contributed by atoms with Crippen molar-refractivity contribution < 1.29 is 18.7 Å². The summed E-state index contributed by atoms with van der Waals surface area (Å²) >= 11 is 0. The van der Waals surface area contributed by atoms with Crippen molar-refractivity contribution in [3.8, 4) is 5.75 Å².